The smallest absolute Gasteiger partial charge is 0.331 e. The van der Waals surface area contributed by atoms with E-state index in [9.17, 15) is 78.0 Å². The third-order valence-corrected chi connectivity index (χ3v) is 16.2. The van der Waals surface area contributed by atoms with E-state index < -0.39 is 193 Å². The molecule has 101 heavy (non-hydrogen) atoms. The Morgan fingerprint density at radius 2 is 1.28 bits per heavy atom. The van der Waals surface area contributed by atoms with E-state index in [1.807, 2.05) is 24.5 Å². The molecule has 0 aromatic heterocycles. The number of urea groups is 1. The van der Waals surface area contributed by atoms with E-state index in [2.05, 4.69) is 58.5 Å². The summed E-state index contributed by atoms with van der Waals surface area (Å²) in [6.07, 6.45) is -8.09. The van der Waals surface area contributed by atoms with E-state index in [1.165, 1.54) is 50.4 Å². The Balaban J connectivity index is 2.34. The molecule has 2 aromatic carbocycles. The van der Waals surface area contributed by atoms with Crippen LogP contribution in [0.5, 0.6) is 5.75 Å². The first-order valence-corrected chi connectivity index (χ1v) is 33.4. The number of nitrogens with two attached hydrogens (primary N) is 2. The van der Waals surface area contributed by atoms with Gasteiger partial charge in [0.2, 0.25) is 65.0 Å². The number of hydrogen-bond acceptors (Lipinski definition) is 21. The Labute approximate surface area is 586 Å². The molecule has 1 aliphatic heterocycles. The number of hydrogen-bond donors (Lipinski definition) is 20. The lowest BCUT2D eigenvalue weighted by Crippen LogP contribution is -2.64. The standard InChI is InChI=1S/C66H104N16O19/c1-13-34(8)46-60(94)79-47(37(11)84)59(93)71-29-45(85)77-49(52(87)54(68)88)62(96)76-44(30-83)64(98)101-53(38-19-15-14-16-20-38)50(81-58(92)43(27-33(6)7)75-56(90)41(67)26-32(4)5)63(97)80-48(51(86)35(9)25-31(2)3)61(95)72-36(10)55(89)74-42(57(91)78-46)23-18-24-70-65(69)82-66(99)73-39-21-17-22-40(28-39)100-12/h14-17,19-22,28,31-37,41-44,46-53,83-84,86-87H,13,18,23-27,29-30,67H2,1-12H3,(H2,68,88)(H,71,93)(H,72,95)(H,74,89)(H,75,90)(H,76,96)(H,77,85)(H,78,91)(H,79,94)(H,80,97)(H,81,92)(H4,69,70,73,82,99)/t34-,35?,36-,37-,41+,42+,43-,44-,46-,47-,48-,49-,50-,51+,52-,53+/m0/s1. The maximum Gasteiger partial charge on any atom is 0.331 e. The summed E-state index contributed by atoms with van der Waals surface area (Å²) < 4.78 is 11.1. The Morgan fingerprint density at radius 3 is 1.86 bits per heavy atom. The molecule has 35 nitrogen and oxygen atoms in total. The number of aliphatic hydroxyl groups is 4. The summed E-state index contributed by atoms with van der Waals surface area (Å²) in [5.74, 6) is -17.2. The quantitative estimate of drug-likeness (QED) is 0.0200. The summed E-state index contributed by atoms with van der Waals surface area (Å²) >= 11 is 0. The van der Waals surface area contributed by atoms with E-state index in [-0.39, 0.29) is 68.4 Å². The molecule has 0 bridgehead atoms. The maximum atomic E-state index is 15.5. The van der Waals surface area contributed by atoms with Gasteiger partial charge in [-0.05, 0) is 93.2 Å². The van der Waals surface area contributed by atoms with Gasteiger partial charge in [-0.25, -0.2) is 9.59 Å². The summed E-state index contributed by atoms with van der Waals surface area (Å²) in [4.78, 5) is 184. The average Bonchev–Trinajstić information content (AvgIpc) is 0.813. The summed E-state index contributed by atoms with van der Waals surface area (Å²) in [5.41, 5.74) is 11.9. The first kappa shape index (κ1) is 85.6. The van der Waals surface area contributed by atoms with Crippen LogP contribution in [0.3, 0.4) is 0 Å². The highest BCUT2D eigenvalue weighted by molar-refractivity contribution is 6.02. The molecule has 35 heteroatoms. The number of aliphatic hydroxyl groups excluding tert-OH is 4. The molecule has 1 aliphatic rings. The fourth-order valence-corrected chi connectivity index (χ4v) is 10.5. The van der Waals surface area contributed by atoms with Crippen molar-refractivity contribution in [3.05, 3.63) is 60.2 Å². The van der Waals surface area contributed by atoms with Gasteiger partial charge < -0.3 is 105 Å². The number of nitrogens with one attached hydrogen (secondary N) is 14. The van der Waals surface area contributed by atoms with Crippen LogP contribution < -0.4 is 85.3 Å². The van der Waals surface area contributed by atoms with Gasteiger partial charge in [0.05, 0.1) is 38.5 Å². The molecular weight excluding hydrogens is 1320 g/mol. The van der Waals surface area contributed by atoms with Crippen LogP contribution in [-0.4, -0.2) is 209 Å². The number of ether oxygens (including phenoxy) is 2. The Kier molecular flexibility index (Phi) is 35.5. The minimum Gasteiger partial charge on any atom is -0.497 e. The van der Waals surface area contributed by atoms with Crippen LogP contribution in [0.1, 0.15) is 126 Å². The zero-order valence-electron chi connectivity index (χ0n) is 59.1. The summed E-state index contributed by atoms with van der Waals surface area (Å²) in [7, 11) is 1.44. The topological polar surface area (TPSA) is 554 Å². The lowest BCUT2D eigenvalue weighted by atomic mass is 9.89. The van der Waals surface area contributed by atoms with Gasteiger partial charge in [0, 0.05) is 18.3 Å². The average molecular weight is 1430 g/mol. The second-order valence-corrected chi connectivity index (χ2v) is 26.3. The number of rotatable bonds is 25. The van der Waals surface area contributed by atoms with Crippen molar-refractivity contribution in [2.45, 2.75) is 200 Å². The number of benzene rings is 2. The van der Waals surface area contributed by atoms with Crippen molar-refractivity contribution in [3.8, 4) is 5.75 Å². The summed E-state index contributed by atoms with van der Waals surface area (Å²) in [6, 6.07) is -5.68. The number of methoxy groups -OCH3 is 1. The van der Waals surface area contributed by atoms with Gasteiger partial charge in [0.15, 0.2) is 24.2 Å². The first-order valence-electron chi connectivity index (χ1n) is 33.4. The Hall–Kier alpha value is -9.58. The minimum atomic E-state index is -2.60. The van der Waals surface area contributed by atoms with Gasteiger partial charge in [-0.1, -0.05) is 105 Å². The summed E-state index contributed by atoms with van der Waals surface area (Å²) in [5, 5.41) is 84.4. The molecule has 22 N–H and O–H groups in total. The Bertz CT molecular complexity index is 3180. The number of guanidine groups is 1. The van der Waals surface area contributed by atoms with Crippen molar-refractivity contribution in [1.82, 2.24) is 63.8 Å². The third kappa shape index (κ3) is 28.2. The number of esters is 1. The molecule has 0 saturated carbocycles. The first-order chi connectivity index (χ1) is 47.4. The molecule has 2 aromatic rings. The highest BCUT2D eigenvalue weighted by Crippen LogP contribution is 2.26. The Morgan fingerprint density at radius 1 is 0.683 bits per heavy atom. The van der Waals surface area contributed by atoms with Crippen LogP contribution in [0, 0.1) is 35.0 Å². The van der Waals surface area contributed by atoms with E-state index in [0.29, 0.717) is 11.4 Å². The number of amides is 13. The van der Waals surface area contributed by atoms with Crippen LogP contribution >= 0.6 is 0 Å². The van der Waals surface area contributed by atoms with E-state index >= 15 is 4.79 Å². The van der Waals surface area contributed by atoms with Gasteiger partial charge in [-0.3, -0.25) is 63.5 Å². The minimum absolute atomic E-state index is 0.0619. The summed E-state index contributed by atoms with van der Waals surface area (Å²) in [6.45, 7) is 15.1. The van der Waals surface area contributed by atoms with Crippen LogP contribution in [-0.2, 0) is 62.3 Å². The zero-order valence-corrected chi connectivity index (χ0v) is 59.1. The fourth-order valence-electron chi connectivity index (χ4n) is 10.5. The van der Waals surface area contributed by atoms with Crippen molar-refractivity contribution in [2.24, 2.45) is 41.1 Å². The van der Waals surface area contributed by atoms with Crippen molar-refractivity contribution >= 4 is 88.6 Å². The number of carbonyl (C=O) groups excluding carboxylic acids is 13. The largest absolute Gasteiger partial charge is 0.497 e. The SMILES string of the molecule is CC[C@H](C)[C@@H]1NC(=O)[C@@H](CCCNC(=N)NC(=O)Nc2cccc(OC)c2)NC(=O)[C@H](C)NC(=O)[C@H]([C@H](O)C(C)CC(C)C)NC(=O)[C@@H](NC(=O)[C@H](CC(C)C)NC(=O)[C@H](N)CC(C)C)[C@@H](c2ccccc2)OC(=O)[C@H](CO)NC(=O)[C@H]([C@H](O)C(N)=O)NC(=O)CNC(=O)[C@H]([C@H](C)O)NC1=O. The number of anilines is 1. The van der Waals surface area contributed by atoms with Gasteiger partial charge in [0.25, 0.3) is 0 Å². The fraction of sp³-hybridized carbons (Fsp3) is 0.606. The van der Waals surface area contributed by atoms with Gasteiger partial charge >= 0.3 is 12.0 Å². The molecule has 0 aliphatic carbocycles. The third-order valence-electron chi connectivity index (χ3n) is 16.2. The molecule has 0 radical (unpaired) electrons. The lowest BCUT2D eigenvalue weighted by Gasteiger charge is -2.34. The second kappa shape index (κ2) is 41.9. The van der Waals surface area contributed by atoms with Crippen molar-refractivity contribution < 1.29 is 92.2 Å². The van der Waals surface area contributed by atoms with Crippen molar-refractivity contribution in [2.75, 3.05) is 32.1 Å². The van der Waals surface area contributed by atoms with E-state index in [0.717, 1.165) is 6.92 Å². The predicted octanol–water partition coefficient (Wildman–Crippen LogP) is -3.35. The highest BCUT2D eigenvalue weighted by Gasteiger charge is 2.44. The van der Waals surface area contributed by atoms with Gasteiger partial charge in [-0.15, -0.1) is 0 Å². The van der Waals surface area contributed by atoms with Crippen LogP contribution in [0.2, 0.25) is 0 Å². The van der Waals surface area contributed by atoms with Crippen LogP contribution in [0.4, 0.5) is 10.5 Å². The predicted molar refractivity (Wildman–Crippen MR) is 366 cm³/mol. The van der Waals surface area contributed by atoms with Crippen LogP contribution in [0.25, 0.3) is 0 Å². The number of cyclic esters (lactones) is 1. The lowest BCUT2D eigenvalue weighted by molar-refractivity contribution is -0.159. The normalized spacial score (nSPS) is 23.4. The number of primary amides is 1. The molecule has 1 saturated heterocycles. The van der Waals surface area contributed by atoms with Crippen LogP contribution in [0.15, 0.2) is 54.6 Å². The molecule has 3 rings (SSSR count). The van der Waals surface area contributed by atoms with E-state index in [1.54, 1.807) is 66.7 Å². The van der Waals surface area contributed by atoms with E-state index in [4.69, 9.17) is 26.4 Å². The van der Waals surface area contributed by atoms with Crippen molar-refractivity contribution in [1.29, 1.82) is 5.41 Å². The second-order valence-electron chi connectivity index (χ2n) is 26.3. The van der Waals surface area contributed by atoms with Gasteiger partial charge in [0.1, 0.15) is 54.1 Å². The molecule has 13 amide bonds. The molecule has 16 atom stereocenters. The highest BCUT2D eigenvalue weighted by atomic mass is 16.5. The molecule has 1 fully saturated rings. The van der Waals surface area contributed by atoms with Crippen molar-refractivity contribution in [3.63, 3.8) is 0 Å². The molecule has 562 valence electrons. The molecule has 1 unspecified atom stereocenters. The zero-order chi connectivity index (χ0) is 76.1. The number of carbonyl (C=O) groups is 13. The molecule has 0 spiro atoms. The monoisotopic (exact) mass is 1420 g/mol. The molecule has 1 heterocycles. The maximum absolute atomic E-state index is 15.5. The molecular formula is C66H104N16O19. The van der Waals surface area contributed by atoms with Gasteiger partial charge in [-0.2, -0.15) is 0 Å².